The number of piperazine rings is 1. The zero-order valence-electron chi connectivity index (χ0n) is 16.0. The van der Waals surface area contributed by atoms with Gasteiger partial charge in [0.15, 0.2) is 0 Å². The van der Waals surface area contributed by atoms with Gasteiger partial charge in [0.1, 0.15) is 17.3 Å². The summed E-state index contributed by atoms with van der Waals surface area (Å²) < 4.78 is 14.0. The van der Waals surface area contributed by atoms with Crippen LogP contribution in [0.5, 0.6) is 0 Å². The van der Waals surface area contributed by atoms with Crippen molar-refractivity contribution in [2.75, 3.05) is 36.4 Å². The monoisotopic (exact) mass is 383 g/mol. The van der Waals surface area contributed by atoms with Crippen LogP contribution in [0.4, 0.5) is 15.9 Å². The van der Waals surface area contributed by atoms with Gasteiger partial charge in [-0.1, -0.05) is 31.4 Å². The van der Waals surface area contributed by atoms with Crippen molar-refractivity contribution in [3.8, 4) is 0 Å². The minimum absolute atomic E-state index is 0.120. The standard InChI is InChI=1S/C21H26FN5O/c22-17-8-4-5-9-19(17)26-10-12-27(13-11-26)21(28)18-14-24-20(15-23-18)25-16-6-2-1-3-7-16/h4-5,8-9,14-16H,1-3,6-7,10-13H2,(H,24,25). The lowest BCUT2D eigenvalue weighted by Crippen LogP contribution is -2.49. The fraction of sp³-hybridized carbons (Fsp3) is 0.476. The molecule has 0 spiro atoms. The zero-order valence-corrected chi connectivity index (χ0v) is 16.0. The van der Waals surface area contributed by atoms with Crippen molar-refractivity contribution in [2.24, 2.45) is 0 Å². The van der Waals surface area contributed by atoms with Crippen LogP contribution in [0.3, 0.4) is 0 Å². The van der Waals surface area contributed by atoms with E-state index in [9.17, 15) is 9.18 Å². The van der Waals surface area contributed by atoms with E-state index in [0.717, 1.165) is 18.7 Å². The molecular weight excluding hydrogens is 357 g/mol. The average Bonchev–Trinajstić information content (AvgIpc) is 2.75. The van der Waals surface area contributed by atoms with Gasteiger partial charge in [0.25, 0.3) is 5.91 Å². The Bertz CT molecular complexity index is 799. The number of para-hydroxylation sites is 1. The Morgan fingerprint density at radius 2 is 1.75 bits per heavy atom. The number of aromatic nitrogens is 2. The fourth-order valence-corrected chi connectivity index (χ4v) is 3.99. The molecule has 2 aliphatic rings. The summed E-state index contributed by atoms with van der Waals surface area (Å²) in [5.74, 6) is 0.381. The normalized spacial score (nSPS) is 18.2. The molecule has 1 aromatic carbocycles. The molecule has 6 nitrogen and oxygen atoms in total. The van der Waals surface area contributed by atoms with E-state index in [1.54, 1.807) is 29.4 Å². The highest BCUT2D eigenvalue weighted by atomic mass is 19.1. The fourth-order valence-electron chi connectivity index (χ4n) is 3.99. The number of nitrogens with one attached hydrogen (secondary N) is 1. The van der Waals surface area contributed by atoms with Gasteiger partial charge in [-0.15, -0.1) is 0 Å². The molecule has 0 atom stereocenters. The number of hydrogen-bond donors (Lipinski definition) is 1. The van der Waals surface area contributed by atoms with Crippen LogP contribution in [-0.2, 0) is 0 Å². The summed E-state index contributed by atoms with van der Waals surface area (Å²) in [6, 6.07) is 7.20. The minimum atomic E-state index is -0.228. The predicted molar refractivity (Wildman–Crippen MR) is 107 cm³/mol. The molecule has 1 saturated carbocycles. The first-order valence-corrected chi connectivity index (χ1v) is 10.1. The quantitative estimate of drug-likeness (QED) is 0.878. The first-order chi connectivity index (χ1) is 13.7. The number of carbonyl (C=O) groups is 1. The maximum Gasteiger partial charge on any atom is 0.274 e. The Labute approximate surface area is 164 Å². The van der Waals surface area contributed by atoms with E-state index in [2.05, 4.69) is 15.3 Å². The van der Waals surface area contributed by atoms with E-state index >= 15 is 0 Å². The van der Waals surface area contributed by atoms with Gasteiger partial charge in [-0.25, -0.2) is 14.4 Å². The molecule has 2 heterocycles. The SMILES string of the molecule is O=C(c1cnc(NC2CCCCC2)cn1)N1CCN(c2ccccc2F)CC1. The van der Waals surface area contributed by atoms with Gasteiger partial charge in [-0.2, -0.15) is 0 Å². The molecule has 1 aromatic heterocycles. The molecule has 1 N–H and O–H groups in total. The topological polar surface area (TPSA) is 61.4 Å². The summed E-state index contributed by atoms with van der Waals surface area (Å²) in [5, 5.41) is 3.42. The molecule has 2 fully saturated rings. The molecule has 148 valence electrons. The molecule has 0 unspecified atom stereocenters. The van der Waals surface area contributed by atoms with Crippen molar-refractivity contribution < 1.29 is 9.18 Å². The molecule has 28 heavy (non-hydrogen) atoms. The van der Waals surface area contributed by atoms with Crippen molar-refractivity contribution in [1.82, 2.24) is 14.9 Å². The molecule has 1 aliphatic heterocycles. The first kappa shape index (κ1) is 18.7. The van der Waals surface area contributed by atoms with E-state index in [-0.39, 0.29) is 11.7 Å². The molecule has 1 aliphatic carbocycles. The molecule has 1 amide bonds. The Morgan fingerprint density at radius 1 is 1.00 bits per heavy atom. The highest BCUT2D eigenvalue weighted by molar-refractivity contribution is 5.92. The first-order valence-electron chi connectivity index (χ1n) is 10.1. The van der Waals surface area contributed by atoms with Crippen LogP contribution in [0.25, 0.3) is 0 Å². The maximum absolute atomic E-state index is 14.0. The third-order valence-electron chi connectivity index (χ3n) is 5.59. The van der Waals surface area contributed by atoms with Crippen molar-refractivity contribution in [2.45, 2.75) is 38.1 Å². The smallest absolute Gasteiger partial charge is 0.274 e. The number of anilines is 2. The van der Waals surface area contributed by atoms with Crippen molar-refractivity contribution in [3.05, 3.63) is 48.2 Å². The van der Waals surface area contributed by atoms with Gasteiger partial charge in [-0.05, 0) is 25.0 Å². The van der Waals surface area contributed by atoms with Crippen LogP contribution in [0.15, 0.2) is 36.7 Å². The van der Waals surface area contributed by atoms with E-state index < -0.39 is 0 Å². The summed E-state index contributed by atoms with van der Waals surface area (Å²) in [4.78, 5) is 25.2. The summed E-state index contributed by atoms with van der Waals surface area (Å²) >= 11 is 0. The molecule has 7 heteroatoms. The minimum Gasteiger partial charge on any atom is -0.366 e. The number of hydrogen-bond acceptors (Lipinski definition) is 5. The lowest BCUT2D eigenvalue weighted by molar-refractivity contribution is 0.0740. The second kappa shape index (κ2) is 8.54. The van der Waals surface area contributed by atoms with E-state index in [4.69, 9.17) is 0 Å². The average molecular weight is 383 g/mol. The number of rotatable bonds is 4. The van der Waals surface area contributed by atoms with Crippen LogP contribution in [0, 0.1) is 5.82 Å². The molecule has 0 bridgehead atoms. The van der Waals surface area contributed by atoms with E-state index in [1.807, 2.05) is 11.0 Å². The van der Waals surface area contributed by atoms with Crippen LogP contribution in [0.2, 0.25) is 0 Å². The van der Waals surface area contributed by atoms with Gasteiger partial charge in [0.05, 0.1) is 18.1 Å². The van der Waals surface area contributed by atoms with Gasteiger partial charge in [0.2, 0.25) is 0 Å². The highest BCUT2D eigenvalue weighted by Crippen LogP contribution is 2.22. The van der Waals surface area contributed by atoms with Crippen molar-refractivity contribution in [1.29, 1.82) is 0 Å². The largest absolute Gasteiger partial charge is 0.366 e. The second-order valence-corrected chi connectivity index (χ2v) is 7.50. The van der Waals surface area contributed by atoms with Crippen LogP contribution >= 0.6 is 0 Å². The van der Waals surface area contributed by atoms with Gasteiger partial charge >= 0.3 is 0 Å². The number of carbonyl (C=O) groups excluding carboxylic acids is 1. The number of nitrogens with zero attached hydrogens (tertiary/aromatic N) is 4. The molecule has 0 radical (unpaired) electrons. The lowest BCUT2D eigenvalue weighted by Gasteiger charge is -2.36. The Morgan fingerprint density at radius 3 is 2.43 bits per heavy atom. The molecule has 1 saturated heterocycles. The van der Waals surface area contributed by atoms with Crippen LogP contribution < -0.4 is 10.2 Å². The van der Waals surface area contributed by atoms with Gasteiger partial charge in [-0.3, -0.25) is 4.79 Å². The van der Waals surface area contributed by atoms with E-state index in [1.165, 1.54) is 25.3 Å². The molecular formula is C21H26FN5O. The van der Waals surface area contributed by atoms with Crippen molar-refractivity contribution >= 4 is 17.4 Å². The second-order valence-electron chi connectivity index (χ2n) is 7.50. The summed E-state index contributed by atoms with van der Waals surface area (Å²) in [6.07, 6.45) is 9.33. The van der Waals surface area contributed by atoms with E-state index in [0.29, 0.717) is 43.6 Å². The molecule has 2 aromatic rings. The summed E-state index contributed by atoms with van der Waals surface area (Å²) in [5.41, 5.74) is 0.945. The third kappa shape index (κ3) is 4.24. The Hall–Kier alpha value is -2.70. The van der Waals surface area contributed by atoms with Gasteiger partial charge < -0.3 is 15.1 Å². The Kier molecular flexibility index (Phi) is 5.69. The third-order valence-corrected chi connectivity index (χ3v) is 5.59. The summed E-state index contributed by atoms with van der Waals surface area (Å²) in [6.45, 7) is 2.27. The summed E-state index contributed by atoms with van der Waals surface area (Å²) in [7, 11) is 0. The maximum atomic E-state index is 14.0. The zero-order chi connectivity index (χ0) is 19.3. The number of halogens is 1. The van der Waals surface area contributed by atoms with Crippen LogP contribution in [-0.4, -0.2) is 53.0 Å². The predicted octanol–water partition coefficient (Wildman–Crippen LogP) is 3.32. The lowest BCUT2D eigenvalue weighted by atomic mass is 9.96. The van der Waals surface area contributed by atoms with Crippen molar-refractivity contribution in [3.63, 3.8) is 0 Å². The molecule has 4 rings (SSSR count). The van der Waals surface area contributed by atoms with Crippen LogP contribution in [0.1, 0.15) is 42.6 Å². The van der Waals surface area contributed by atoms with Gasteiger partial charge in [0, 0.05) is 32.2 Å². The number of benzene rings is 1. The highest BCUT2D eigenvalue weighted by Gasteiger charge is 2.24. The Balaban J connectivity index is 1.33. The number of amides is 1.